The zero-order valence-corrected chi connectivity index (χ0v) is 19.2. The van der Waals surface area contributed by atoms with Crippen molar-refractivity contribution in [3.63, 3.8) is 0 Å². The first-order valence-corrected chi connectivity index (χ1v) is 10.9. The highest BCUT2D eigenvalue weighted by molar-refractivity contribution is 5.74. The minimum atomic E-state index is 0.240. The van der Waals surface area contributed by atoms with E-state index in [2.05, 4.69) is 26.6 Å². The summed E-state index contributed by atoms with van der Waals surface area (Å²) in [5.74, 6) is 2.52. The van der Waals surface area contributed by atoms with E-state index >= 15 is 0 Å². The second-order valence-corrected chi connectivity index (χ2v) is 7.46. The summed E-state index contributed by atoms with van der Waals surface area (Å²) in [7, 11) is 3.20. The van der Waals surface area contributed by atoms with E-state index in [1.54, 1.807) is 37.4 Å². The molecule has 1 aliphatic heterocycles. The van der Waals surface area contributed by atoms with E-state index in [-0.39, 0.29) is 11.9 Å². The predicted octanol–water partition coefficient (Wildman–Crippen LogP) is 5.25. The van der Waals surface area contributed by atoms with Gasteiger partial charge in [-0.1, -0.05) is 17.3 Å². The number of hydrogen-bond donors (Lipinski definition) is 1. The molecular formula is C25H23N5O5. The number of ether oxygens (including phenoxy) is 4. The molecule has 5 rings (SSSR count). The number of benzene rings is 1. The minimum absolute atomic E-state index is 0.240. The van der Waals surface area contributed by atoms with Crippen molar-refractivity contribution in [1.29, 1.82) is 0 Å². The Morgan fingerprint density at radius 1 is 1.06 bits per heavy atom. The molecule has 2 aromatic heterocycles. The summed E-state index contributed by atoms with van der Waals surface area (Å²) in [4.78, 5) is 6.21. The maximum Gasteiger partial charge on any atom is 0.330 e. The van der Waals surface area contributed by atoms with Gasteiger partial charge in [0.2, 0.25) is 5.88 Å². The van der Waals surface area contributed by atoms with E-state index in [0.717, 1.165) is 24.2 Å². The average Bonchev–Trinajstić information content (AvgIpc) is 3.39. The molecule has 0 radical (unpaired) electrons. The Morgan fingerprint density at radius 3 is 2.63 bits per heavy atom. The number of nitrogens with one attached hydrogen (secondary N) is 1. The van der Waals surface area contributed by atoms with Crippen LogP contribution in [0.3, 0.4) is 0 Å². The van der Waals surface area contributed by atoms with Crippen molar-refractivity contribution >= 4 is 17.5 Å². The van der Waals surface area contributed by atoms with Crippen molar-refractivity contribution in [3.8, 4) is 23.0 Å². The predicted molar refractivity (Wildman–Crippen MR) is 129 cm³/mol. The summed E-state index contributed by atoms with van der Waals surface area (Å²) in [6, 6.07) is 9.36. The molecular weight excluding hydrogens is 450 g/mol. The molecule has 3 heterocycles. The van der Waals surface area contributed by atoms with Gasteiger partial charge in [-0.25, -0.2) is 9.88 Å². The number of methoxy groups -OCH3 is 2. The molecule has 0 saturated heterocycles. The number of allylic oxidation sites excluding steroid dienone is 4. The number of aromatic nitrogens is 3. The zero-order valence-electron chi connectivity index (χ0n) is 19.2. The van der Waals surface area contributed by atoms with Crippen LogP contribution in [0.25, 0.3) is 11.5 Å². The van der Waals surface area contributed by atoms with Crippen molar-refractivity contribution in [2.45, 2.75) is 12.8 Å². The van der Waals surface area contributed by atoms with E-state index in [4.69, 9.17) is 23.4 Å². The molecule has 10 nitrogen and oxygen atoms in total. The smallest absolute Gasteiger partial charge is 0.330 e. The maximum absolute atomic E-state index is 6.12. The molecule has 3 aromatic rings. The second-order valence-electron chi connectivity index (χ2n) is 7.46. The number of pyridine rings is 1. The number of hydrogen-bond acceptors (Lipinski definition) is 10. The molecule has 0 amide bonds. The van der Waals surface area contributed by atoms with Crippen LogP contribution in [0, 0.1) is 0 Å². The van der Waals surface area contributed by atoms with Crippen LogP contribution >= 0.6 is 0 Å². The quantitative estimate of drug-likeness (QED) is 0.466. The first-order chi connectivity index (χ1) is 17.2. The van der Waals surface area contributed by atoms with Crippen molar-refractivity contribution in [3.05, 3.63) is 85.1 Å². The molecule has 0 atom stereocenters. The maximum atomic E-state index is 6.12. The van der Waals surface area contributed by atoms with Gasteiger partial charge in [0.05, 0.1) is 19.8 Å². The van der Waals surface area contributed by atoms with Crippen molar-refractivity contribution in [2.75, 3.05) is 24.4 Å². The summed E-state index contributed by atoms with van der Waals surface area (Å²) < 4.78 is 27.8. The van der Waals surface area contributed by atoms with Crippen LogP contribution < -0.4 is 19.7 Å². The third-order valence-corrected chi connectivity index (χ3v) is 5.25. The normalized spacial score (nSPS) is 14.3. The Kier molecular flexibility index (Phi) is 6.33. The summed E-state index contributed by atoms with van der Waals surface area (Å²) in [6.45, 7) is 0. The van der Waals surface area contributed by atoms with Gasteiger partial charge in [-0.3, -0.25) is 0 Å². The molecule has 1 aromatic carbocycles. The molecule has 10 heteroatoms. The van der Waals surface area contributed by atoms with Crippen LogP contribution in [0.2, 0.25) is 0 Å². The standard InChI is InChI=1S/C25H23N5O5/c1-31-19-13-17(14-20(15-19)32-2)27-23-21(9-6-10-26-23)24-28-29-25(35-24)30(18-7-4-3-5-8-18)22-16-33-11-12-34-22/h3-4,6-7,9-16H,5,8H2,1-2H3,(H,26,27). The third kappa shape index (κ3) is 4.81. The van der Waals surface area contributed by atoms with Gasteiger partial charge in [0.1, 0.15) is 29.8 Å². The van der Waals surface area contributed by atoms with Gasteiger partial charge < -0.3 is 28.7 Å². The molecule has 1 aliphatic carbocycles. The van der Waals surface area contributed by atoms with Gasteiger partial charge in [-0.15, -0.1) is 5.10 Å². The molecule has 0 saturated carbocycles. The monoisotopic (exact) mass is 473 g/mol. The molecule has 0 bridgehead atoms. The Labute approximate surface area is 201 Å². The summed E-state index contributed by atoms with van der Waals surface area (Å²) >= 11 is 0. The van der Waals surface area contributed by atoms with Crippen LogP contribution in [0.4, 0.5) is 17.5 Å². The molecule has 2 aliphatic rings. The lowest BCUT2D eigenvalue weighted by atomic mass is 10.1. The van der Waals surface area contributed by atoms with Gasteiger partial charge >= 0.3 is 6.01 Å². The van der Waals surface area contributed by atoms with Crippen LogP contribution in [0.15, 0.2) is 89.5 Å². The molecule has 1 N–H and O–H groups in total. The fraction of sp³-hybridized carbons (Fsp3) is 0.160. The number of anilines is 3. The Bertz CT molecular complexity index is 1310. The van der Waals surface area contributed by atoms with Gasteiger partial charge in [-0.05, 0) is 31.1 Å². The van der Waals surface area contributed by atoms with E-state index < -0.39 is 0 Å². The van der Waals surface area contributed by atoms with Gasteiger partial charge in [0.15, 0.2) is 6.26 Å². The number of nitrogens with zero attached hydrogens (tertiary/aromatic N) is 4. The highest BCUT2D eigenvalue weighted by Crippen LogP contribution is 2.35. The van der Waals surface area contributed by atoms with E-state index in [1.165, 1.54) is 18.8 Å². The fourth-order valence-corrected chi connectivity index (χ4v) is 3.60. The molecule has 35 heavy (non-hydrogen) atoms. The fourth-order valence-electron chi connectivity index (χ4n) is 3.60. The second kappa shape index (κ2) is 10.0. The Hall–Kier alpha value is -4.73. The number of rotatable bonds is 8. The van der Waals surface area contributed by atoms with Gasteiger partial charge in [0, 0.05) is 35.8 Å². The molecule has 178 valence electrons. The minimum Gasteiger partial charge on any atom is -0.497 e. The van der Waals surface area contributed by atoms with E-state index in [1.807, 2.05) is 30.4 Å². The van der Waals surface area contributed by atoms with Crippen LogP contribution in [-0.2, 0) is 9.47 Å². The first-order valence-electron chi connectivity index (χ1n) is 10.9. The zero-order chi connectivity index (χ0) is 24.0. The summed E-state index contributed by atoms with van der Waals surface area (Å²) in [6.07, 6.45) is 13.8. The highest BCUT2D eigenvalue weighted by atomic mass is 16.5. The first kappa shape index (κ1) is 22.1. The molecule has 0 fully saturated rings. The van der Waals surface area contributed by atoms with Crippen molar-refractivity contribution in [1.82, 2.24) is 15.2 Å². The van der Waals surface area contributed by atoms with Gasteiger partial charge in [-0.2, -0.15) is 0 Å². The summed E-state index contributed by atoms with van der Waals surface area (Å²) in [5.41, 5.74) is 2.28. The SMILES string of the molecule is COc1cc(Nc2ncccc2-c2nnc(N(C3=CC=CCC3)C3=COC=CO3)o2)cc(OC)c1. The topological polar surface area (TPSA) is 104 Å². The van der Waals surface area contributed by atoms with E-state index in [0.29, 0.717) is 28.8 Å². The lowest BCUT2D eigenvalue weighted by Gasteiger charge is -2.25. The third-order valence-electron chi connectivity index (χ3n) is 5.25. The van der Waals surface area contributed by atoms with Gasteiger partial charge in [0.25, 0.3) is 5.89 Å². The van der Waals surface area contributed by atoms with Crippen molar-refractivity contribution in [2.24, 2.45) is 0 Å². The average molecular weight is 473 g/mol. The Morgan fingerprint density at radius 2 is 1.91 bits per heavy atom. The summed E-state index contributed by atoms with van der Waals surface area (Å²) in [5, 5.41) is 11.9. The lowest BCUT2D eigenvalue weighted by Crippen LogP contribution is -2.24. The highest BCUT2D eigenvalue weighted by Gasteiger charge is 2.26. The van der Waals surface area contributed by atoms with Crippen LogP contribution in [-0.4, -0.2) is 29.4 Å². The molecule has 0 spiro atoms. The molecule has 0 unspecified atom stereocenters. The lowest BCUT2D eigenvalue weighted by molar-refractivity contribution is 0.247. The largest absolute Gasteiger partial charge is 0.497 e. The van der Waals surface area contributed by atoms with Crippen LogP contribution in [0.1, 0.15) is 12.8 Å². The van der Waals surface area contributed by atoms with E-state index in [9.17, 15) is 0 Å². The Balaban J connectivity index is 1.48. The van der Waals surface area contributed by atoms with Crippen LogP contribution in [0.5, 0.6) is 11.5 Å². The van der Waals surface area contributed by atoms with Crippen molar-refractivity contribution < 1.29 is 23.4 Å².